The van der Waals surface area contributed by atoms with Gasteiger partial charge in [0.2, 0.25) is 0 Å². The first kappa shape index (κ1) is 10.7. The summed E-state index contributed by atoms with van der Waals surface area (Å²) in [5.74, 6) is -1.06. The van der Waals surface area contributed by atoms with E-state index in [1.807, 2.05) is 0 Å². The number of benzene rings is 1. The van der Waals surface area contributed by atoms with Crippen LogP contribution in [0.5, 0.6) is 0 Å². The molecule has 0 fully saturated rings. The number of anilines is 1. The smallest absolute Gasteiger partial charge is 0.336 e. The molecule has 1 aromatic rings. The van der Waals surface area contributed by atoms with Gasteiger partial charge in [0, 0.05) is 5.69 Å². The van der Waals surface area contributed by atoms with Crippen LogP contribution in [0.2, 0.25) is 0 Å². The SMILES string of the molecule is Cc1ccc(NS(=O)O)cc1C(=O)O. The number of rotatable bonds is 3. The highest BCUT2D eigenvalue weighted by Crippen LogP contribution is 2.15. The maximum atomic E-state index is 10.7. The first-order chi connectivity index (χ1) is 6.50. The third-order valence-corrected chi connectivity index (χ3v) is 2.08. The van der Waals surface area contributed by atoms with Gasteiger partial charge in [0.1, 0.15) is 0 Å². The zero-order valence-corrected chi connectivity index (χ0v) is 8.17. The second-order valence-electron chi connectivity index (χ2n) is 2.69. The molecule has 0 saturated carbocycles. The molecule has 0 bridgehead atoms. The predicted molar refractivity (Wildman–Crippen MR) is 52.5 cm³/mol. The number of hydrogen-bond acceptors (Lipinski definition) is 2. The summed E-state index contributed by atoms with van der Waals surface area (Å²) in [6, 6.07) is 4.42. The van der Waals surface area contributed by atoms with Gasteiger partial charge in [0.05, 0.1) is 5.56 Å². The van der Waals surface area contributed by atoms with Crippen LogP contribution in [0.25, 0.3) is 0 Å². The van der Waals surface area contributed by atoms with Crippen molar-refractivity contribution in [3.05, 3.63) is 29.3 Å². The molecule has 1 aromatic carbocycles. The summed E-state index contributed by atoms with van der Waals surface area (Å²) >= 11 is -2.19. The second kappa shape index (κ2) is 4.21. The number of aromatic carboxylic acids is 1. The molecule has 3 N–H and O–H groups in total. The van der Waals surface area contributed by atoms with Gasteiger partial charge in [-0.1, -0.05) is 6.07 Å². The molecule has 1 unspecified atom stereocenters. The molecular formula is C8H9NO4S. The van der Waals surface area contributed by atoms with Gasteiger partial charge in [-0.15, -0.1) is 0 Å². The monoisotopic (exact) mass is 215 g/mol. The van der Waals surface area contributed by atoms with E-state index >= 15 is 0 Å². The average Bonchev–Trinajstić information content (AvgIpc) is 2.07. The van der Waals surface area contributed by atoms with Crippen molar-refractivity contribution >= 4 is 22.9 Å². The van der Waals surface area contributed by atoms with E-state index in [1.54, 1.807) is 13.0 Å². The Labute approximate surface area is 83.2 Å². The van der Waals surface area contributed by atoms with Crippen molar-refractivity contribution in [2.24, 2.45) is 0 Å². The quantitative estimate of drug-likeness (QED) is 0.662. The lowest BCUT2D eigenvalue weighted by atomic mass is 10.1. The van der Waals surface area contributed by atoms with Gasteiger partial charge >= 0.3 is 5.97 Å². The molecule has 1 rings (SSSR count). The van der Waals surface area contributed by atoms with Crippen LogP contribution in [-0.4, -0.2) is 19.8 Å². The van der Waals surface area contributed by atoms with E-state index in [9.17, 15) is 9.00 Å². The van der Waals surface area contributed by atoms with E-state index < -0.39 is 17.2 Å². The Balaban J connectivity index is 3.06. The molecule has 0 saturated heterocycles. The fourth-order valence-corrected chi connectivity index (χ4v) is 1.35. The minimum absolute atomic E-state index is 0.112. The summed E-state index contributed by atoms with van der Waals surface area (Å²) in [5.41, 5.74) is 1.01. The van der Waals surface area contributed by atoms with E-state index in [2.05, 4.69) is 4.72 Å². The van der Waals surface area contributed by atoms with Gasteiger partial charge in [-0.05, 0) is 24.6 Å². The van der Waals surface area contributed by atoms with Gasteiger partial charge < -0.3 is 5.11 Å². The van der Waals surface area contributed by atoms with Crippen molar-refractivity contribution in [3.63, 3.8) is 0 Å². The van der Waals surface area contributed by atoms with Gasteiger partial charge in [-0.25, -0.2) is 9.00 Å². The maximum absolute atomic E-state index is 10.7. The molecule has 6 heteroatoms. The second-order valence-corrected chi connectivity index (χ2v) is 3.39. The van der Waals surface area contributed by atoms with Crippen LogP contribution in [0, 0.1) is 6.92 Å². The van der Waals surface area contributed by atoms with Crippen LogP contribution < -0.4 is 4.72 Å². The van der Waals surface area contributed by atoms with Gasteiger partial charge in [-0.2, -0.15) is 0 Å². The molecule has 0 spiro atoms. The Bertz CT molecular complexity index is 391. The molecule has 0 aliphatic carbocycles. The highest BCUT2D eigenvalue weighted by Gasteiger charge is 2.08. The molecule has 0 heterocycles. The summed E-state index contributed by atoms with van der Waals surface area (Å²) in [5, 5.41) is 8.76. The molecule has 0 radical (unpaired) electrons. The van der Waals surface area contributed by atoms with E-state index in [-0.39, 0.29) is 5.56 Å². The summed E-state index contributed by atoms with van der Waals surface area (Å²) in [4.78, 5) is 10.7. The summed E-state index contributed by atoms with van der Waals surface area (Å²) in [7, 11) is 0. The van der Waals surface area contributed by atoms with E-state index in [4.69, 9.17) is 9.66 Å². The molecule has 5 nitrogen and oxygen atoms in total. The van der Waals surface area contributed by atoms with Crippen LogP contribution in [0.15, 0.2) is 18.2 Å². The molecule has 14 heavy (non-hydrogen) atoms. The predicted octanol–water partition coefficient (Wildman–Crippen LogP) is 1.24. The van der Waals surface area contributed by atoms with Crippen molar-refractivity contribution in [2.75, 3.05) is 4.72 Å². The Hall–Kier alpha value is -1.40. The number of carboxylic acid groups (broad SMARTS) is 1. The van der Waals surface area contributed by atoms with Gasteiger partial charge in [0.15, 0.2) is 0 Å². The number of nitrogens with one attached hydrogen (secondary N) is 1. The minimum atomic E-state index is -2.19. The zero-order valence-electron chi connectivity index (χ0n) is 7.35. The molecule has 0 aliphatic heterocycles. The van der Waals surface area contributed by atoms with Crippen LogP contribution in [0.4, 0.5) is 5.69 Å². The molecule has 0 aliphatic rings. The first-order valence-corrected chi connectivity index (χ1v) is 4.83. The van der Waals surface area contributed by atoms with Gasteiger partial charge in [0.25, 0.3) is 11.3 Å². The maximum Gasteiger partial charge on any atom is 0.336 e. The molecule has 0 aromatic heterocycles. The van der Waals surface area contributed by atoms with E-state index in [0.717, 1.165) is 0 Å². The topological polar surface area (TPSA) is 86.6 Å². The normalized spacial score (nSPS) is 12.1. The Morgan fingerprint density at radius 2 is 2.14 bits per heavy atom. The number of hydrogen-bond donors (Lipinski definition) is 3. The van der Waals surface area contributed by atoms with Crippen molar-refractivity contribution in [1.82, 2.24) is 0 Å². The number of aryl methyl sites for hydroxylation is 1. The fraction of sp³-hybridized carbons (Fsp3) is 0.125. The van der Waals surface area contributed by atoms with E-state index in [1.165, 1.54) is 12.1 Å². The van der Waals surface area contributed by atoms with Crippen molar-refractivity contribution in [3.8, 4) is 0 Å². The van der Waals surface area contributed by atoms with Crippen molar-refractivity contribution < 1.29 is 18.7 Å². The summed E-state index contributed by atoms with van der Waals surface area (Å²) in [6.45, 7) is 1.66. The molecule has 1 atom stereocenters. The van der Waals surface area contributed by atoms with Crippen LogP contribution >= 0.6 is 0 Å². The lowest BCUT2D eigenvalue weighted by molar-refractivity contribution is 0.0696. The van der Waals surface area contributed by atoms with Crippen LogP contribution in [0.3, 0.4) is 0 Å². The lowest BCUT2D eigenvalue weighted by Gasteiger charge is -2.04. The fourth-order valence-electron chi connectivity index (χ4n) is 1.02. The highest BCUT2D eigenvalue weighted by molar-refractivity contribution is 7.80. The Morgan fingerprint density at radius 1 is 1.50 bits per heavy atom. The summed E-state index contributed by atoms with van der Waals surface area (Å²) < 4.78 is 21.1. The van der Waals surface area contributed by atoms with Crippen molar-refractivity contribution in [1.29, 1.82) is 0 Å². The molecular weight excluding hydrogens is 206 g/mol. The van der Waals surface area contributed by atoms with Crippen LogP contribution in [-0.2, 0) is 11.3 Å². The highest BCUT2D eigenvalue weighted by atomic mass is 32.2. The Kier molecular flexibility index (Phi) is 3.21. The number of carbonyl (C=O) groups is 1. The average molecular weight is 215 g/mol. The van der Waals surface area contributed by atoms with Crippen molar-refractivity contribution in [2.45, 2.75) is 6.92 Å². The molecule has 76 valence electrons. The third kappa shape index (κ3) is 2.54. The Morgan fingerprint density at radius 3 is 2.64 bits per heavy atom. The van der Waals surface area contributed by atoms with Crippen LogP contribution in [0.1, 0.15) is 15.9 Å². The first-order valence-electron chi connectivity index (χ1n) is 3.72. The van der Waals surface area contributed by atoms with Gasteiger partial charge in [-0.3, -0.25) is 9.27 Å². The summed E-state index contributed by atoms with van der Waals surface area (Å²) in [6.07, 6.45) is 0. The van der Waals surface area contributed by atoms with E-state index in [0.29, 0.717) is 11.3 Å². The minimum Gasteiger partial charge on any atom is -0.478 e. The standard InChI is InChI=1S/C8H9NO4S/c1-5-2-3-6(9-14(12)13)4-7(5)8(10)11/h2-4,9H,1H3,(H,10,11)(H,12,13). The lowest BCUT2D eigenvalue weighted by Crippen LogP contribution is -2.05. The third-order valence-electron chi connectivity index (χ3n) is 1.67. The zero-order chi connectivity index (χ0) is 10.7. The molecule has 0 amide bonds. The number of carboxylic acids is 1. The largest absolute Gasteiger partial charge is 0.478 e.